The number of thiol groups is 1. The second-order valence-corrected chi connectivity index (χ2v) is 5.06. The van der Waals surface area contributed by atoms with Gasteiger partial charge in [-0.15, -0.1) is 12.6 Å². The van der Waals surface area contributed by atoms with Gasteiger partial charge in [0.05, 0.1) is 10.6 Å². The summed E-state index contributed by atoms with van der Waals surface area (Å²) in [6.45, 7) is 0. The number of halogens is 1. The van der Waals surface area contributed by atoms with Crippen LogP contribution in [0.2, 0.25) is 5.02 Å². The number of benzene rings is 1. The number of hydrogen-bond acceptors (Lipinski definition) is 4. The van der Waals surface area contributed by atoms with Crippen LogP contribution in [0.1, 0.15) is 23.2 Å². The summed E-state index contributed by atoms with van der Waals surface area (Å²) in [6.07, 6.45) is 0.492. The summed E-state index contributed by atoms with van der Waals surface area (Å²) < 4.78 is 0. The van der Waals surface area contributed by atoms with Gasteiger partial charge in [0.2, 0.25) is 11.8 Å². The Balaban J connectivity index is 2.11. The lowest BCUT2D eigenvalue weighted by Gasteiger charge is -2.22. The Bertz CT molecular complexity index is 562. The Hall–Kier alpha value is -1.53. The van der Waals surface area contributed by atoms with E-state index < -0.39 is 17.9 Å². The third-order valence-corrected chi connectivity index (χ3v) is 3.35. The number of hydrogen-bond donors (Lipinski definition) is 3. The Morgan fingerprint density at radius 1 is 1.42 bits per heavy atom. The van der Waals surface area contributed by atoms with Gasteiger partial charge in [-0.25, -0.2) is 0 Å². The van der Waals surface area contributed by atoms with Crippen molar-refractivity contribution >= 4 is 42.0 Å². The molecule has 3 amide bonds. The quantitative estimate of drug-likeness (QED) is 0.566. The van der Waals surface area contributed by atoms with Crippen LogP contribution in [-0.4, -0.2) is 23.8 Å². The molecule has 2 rings (SSSR count). The molecule has 1 aromatic carbocycles. The van der Waals surface area contributed by atoms with Crippen LogP contribution in [0.4, 0.5) is 0 Å². The van der Waals surface area contributed by atoms with Gasteiger partial charge >= 0.3 is 0 Å². The van der Waals surface area contributed by atoms with E-state index in [1.165, 1.54) is 6.07 Å². The third-order valence-electron chi connectivity index (χ3n) is 2.74. The van der Waals surface area contributed by atoms with Gasteiger partial charge in [0.25, 0.3) is 5.91 Å². The Kier molecular flexibility index (Phi) is 4.11. The van der Waals surface area contributed by atoms with Gasteiger partial charge in [-0.2, -0.15) is 0 Å². The summed E-state index contributed by atoms with van der Waals surface area (Å²) >= 11 is 10.0. The molecule has 0 spiro atoms. The fourth-order valence-electron chi connectivity index (χ4n) is 1.75. The number of nitrogens with one attached hydrogen (secondary N) is 2. The van der Waals surface area contributed by atoms with E-state index in [4.69, 9.17) is 11.6 Å². The van der Waals surface area contributed by atoms with Crippen molar-refractivity contribution < 1.29 is 14.4 Å². The van der Waals surface area contributed by atoms with Gasteiger partial charge in [0.15, 0.2) is 0 Å². The average molecular weight is 299 g/mol. The van der Waals surface area contributed by atoms with E-state index >= 15 is 0 Å². The van der Waals surface area contributed by atoms with Gasteiger partial charge in [-0.05, 0) is 24.6 Å². The average Bonchev–Trinajstić information content (AvgIpc) is 2.35. The topological polar surface area (TPSA) is 75.3 Å². The van der Waals surface area contributed by atoms with Gasteiger partial charge in [-0.3, -0.25) is 19.7 Å². The zero-order valence-corrected chi connectivity index (χ0v) is 11.4. The molecule has 100 valence electrons. The van der Waals surface area contributed by atoms with E-state index in [2.05, 4.69) is 23.3 Å². The molecular formula is C12H11ClN2O3S. The molecule has 1 unspecified atom stereocenters. The minimum Gasteiger partial charge on any atom is -0.340 e. The Labute approximate surface area is 120 Å². The highest BCUT2D eigenvalue weighted by molar-refractivity contribution is 7.80. The lowest BCUT2D eigenvalue weighted by Crippen LogP contribution is -2.52. The highest BCUT2D eigenvalue weighted by atomic mass is 35.5. The molecule has 1 heterocycles. The van der Waals surface area contributed by atoms with Crippen LogP contribution in [0.25, 0.3) is 0 Å². The number of carbonyl (C=O) groups excluding carboxylic acids is 3. The SMILES string of the molecule is O=C1CCC(NC(=O)c2cc(S)ccc2Cl)C(=O)N1. The first-order valence-electron chi connectivity index (χ1n) is 5.60. The van der Waals surface area contributed by atoms with Crippen molar-refractivity contribution in [3.05, 3.63) is 28.8 Å². The van der Waals surface area contributed by atoms with Crippen LogP contribution in [0, 0.1) is 0 Å². The zero-order chi connectivity index (χ0) is 14.0. The summed E-state index contributed by atoms with van der Waals surface area (Å²) in [4.78, 5) is 35.1. The highest BCUT2D eigenvalue weighted by Gasteiger charge is 2.28. The molecule has 1 atom stereocenters. The van der Waals surface area contributed by atoms with Crippen LogP contribution in [0.15, 0.2) is 23.1 Å². The first kappa shape index (κ1) is 13.9. The van der Waals surface area contributed by atoms with E-state index in [0.717, 1.165) is 0 Å². The molecule has 0 saturated carbocycles. The van der Waals surface area contributed by atoms with Gasteiger partial charge in [0, 0.05) is 11.3 Å². The highest BCUT2D eigenvalue weighted by Crippen LogP contribution is 2.20. The molecule has 1 aliphatic heterocycles. The molecular weight excluding hydrogens is 288 g/mol. The lowest BCUT2D eigenvalue weighted by atomic mass is 10.1. The smallest absolute Gasteiger partial charge is 0.253 e. The van der Waals surface area contributed by atoms with E-state index in [1.54, 1.807) is 12.1 Å². The van der Waals surface area contributed by atoms with Crippen LogP contribution < -0.4 is 10.6 Å². The predicted molar refractivity (Wildman–Crippen MR) is 72.3 cm³/mol. The number of carbonyl (C=O) groups is 3. The first-order chi connectivity index (χ1) is 8.97. The van der Waals surface area contributed by atoms with Crippen LogP contribution in [0.5, 0.6) is 0 Å². The fourth-order valence-corrected chi connectivity index (χ4v) is 2.16. The molecule has 1 aliphatic rings. The van der Waals surface area contributed by atoms with E-state index in [9.17, 15) is 14.4 Å². The van der Waals surface area contributed by atoms with Gasteiger partial charge in [-0.1, -0.05) is 11.6 Å². The molecule has 0 aromatic heterocycles. The molecule has 1 aromatic rings. The number of rotatable bonds is 2. The van der Waals surface area contributed by atoms with Crippen molar-refractivity contribution in [1.82, 2.24) is 10.6 Å². The molecule has 0 bridgehead atoms. The standard InChI is InChI=1S/C12H11ClN2O3S/c13-8-2-1-6(19)5-7(8)11(17)14-9-3-4-10(16)15-12(9)18/h1-2,5,9,19H,3-4H2,(H,14,17)(H,15,16,18). The van der Waals surface area contributed by atoms with Crippen molar-refractivity contribution in [3.63, 3.8) is 0 Å². The molecule has 0 aliphatic carbocycles. The summed E-state index contributed by atoms with van der Waals surface area (Å²) in [5, 5.41) is 5.00. The molecule has 5 nitrogen and oxygen atoms in total. The minimum absolute atomic E-state index is 0.205. The second kappa shape index (κ2) is 5.63. The summed E-state index contributed by atoms with van der Waals surface area (Å²) in [5.74, 6) is -1.29. The summed E-state index contributed by atoms with van der Waals surface area (Å²) in [7, 11) is 0. The predicted octanol–water partition coefficient (Wildman–Crippen LogP) is 1.16. The van der Waals surface area contributed by atoms with E-state index in [1.807, 2.05) is 0 Å². The molecule has 7 heteroatoms. The van der Waals surface area contributed by atoms with Crippen molar-refractivity contribution in [1.29, 1.82) is 0 Å². The first-order valence-corrected chi connectivity index (χ1v) is 6.43. The molecule has 19 heavy (non-hydrogen) atoms. The van der Waals surface area contributed by atoms with E-state index in [-0.39, 0.29) is 29.3 Å². The second-order valence-electron chi connectivity index (χ2n) is 4.14. The van der Waals surface area contributed by atoms with Crippen molar-refractivity contribution in [2.45, 2.75) is 23.8 Å². The maximum absolute atomic E-state index is 12.0. The summed E-state index contributed by atoms with van der Waals surface area (Å²) in [5.41, 5.74) is 0.249. The Morgan fingerprint density at radius 2 is 2.16 bits per heavy atom. The van der Waals surface area contributed by atoms with Gasteiger partial charge < -0.3 is 5.32 Å². The largest absolute Gasteiger partial charge is 0.340 e. The Morgan fingerprint density at radius 3 is 2.84 bits per heavy atom. The molecule has 1 fully saturated rings. The maximum Gasteiger partial charge on any atom is 0.253 e. The van der Waals surface area contributed by atoms with Crippen molar-refractivity contribution in [2.24, 2.45) is 0 Å². The molecule has 2 N–H and O–H groups in total. The maximum atomic E-state index is 12.0. The number of piperidine rings is 1. The van der Waals surface area contributed by atoms with Gasteiger partial charge in [0.1, 0.15) is 6.04 Å². The van der Waals surface area contributed by atoms with Crippen LogP contribution in [0.3, 0.4) is 0 Å². The summed E-state index contributed by atoms with van der Waals surface area (Å²) in [6, 6.07) is 4.02. The minimum atomic E-state index is -0.718. The molecule has 1 saturated heterocycles. The molecule has 0 radical (unpaired) electrons. The monoisotopic (exact) mass is 298 g/mol. The normalized spacial score (nSPS) is 18.9. The van der Waals surface area contributed by atoms with E-state index in [0.29, 0.717) is 4.90 Å². The fraction of sp³-hybridized carbons (Fsp3) is 0.250. The third kappa shape index (κ3) is 3.27. The lowest BCUT2D eigenvalue weighted by molar-refractivity contribution is -0.134. The number of imide groups is 1. The van der Waals surface area contributed by atoms with Crippen LogP contribution >= 0.6 is 24.2 Å². The van der Waals surface area contributed by atoms with Crippen molar-refractivity contribution in [2.75, 3.05) is 0 Å². The van der Waals surface area contributed by atoms with Crippen molar-refractivity contribution in [3.8, 4) is 0 Å². The number of amides is 3. The van der Waals surface area contributed by atoms with Crippen LogP contribution in [-0.2, 0) is 9.59 Å². The zero-order valence-electron chi connectivity index (χ0n) is 9.77.